The molecule has 0 N–H and O–H groups in total. The normalized spacial score (nSPS) is 11.1. The largest absolute Gasteiger partial charge is 0.264 e. The molecule has 3 heterocycles. The van der Waals surface area contributed by atoms with E-state index < -0.39 is 0 Å². The van der Waals surface area contributed by atoms with Crippen molar-refractivity contribution in [1.29, 1.82) is 0 Å². The fourth-order valence-corrected chi connectivity index (χ4v) is 3.13. The predicted octanol–water partition coefficient (Wildman–Crippen LogP) is 3.49. The molecule has 0 radical (unpaired) electrons. The second kappa shape index (κ2) is 5.47. The zero-order chi connectivity index (χ0) is 14.9. The number of rotatable bonds is 3. The lowest BCUT2D eigenvalue weighted by Crippen LogP contribution is -1.97. The van der Waals surface area contributed by atoms with E-state index in [4.69, 9.17) is 11.6 Å². The van der Waals surface area contributed by atoms with Crippen LogP contribution in [0.15, 0.2) is 48.8 Å². The summed E-state index contributed by atoms with van der Waals surface area (Å²) in [6, 6.07) is 11.6. The lowest BCUT2D eigenvalue weighted by molar-refractivity contribution is 0.854. The molecule has 0 saturated heterocycles. The quantitative estimate of drug-likeness (QED) is 0.578. The minimum absolute atomic E-state index is 0.661. The second-order valence-electron chi connectivity index (χ2n) is 4.76. The summed E-state index contributed by atoms with van der Waals surface area (Å²) in [6.07, 6.45) is 4.20. The number of halogens is 1. The van der Waals surface area contributed by atoms with Crippen molar-refractivity contribution < 1.29 is 0 Å². The van der Waals surface area contributed by atoms with Gasteiger partial charge in [0.2, 0.25) is 4.96 Å². The van der Waals surface area contributed by atoms with Crippen LogP contribution >= 0.6 is 22.9 Å². The molecule has 3 aromatic heterocycles. The van der Waals surface area contributed by atoms with Crippen molar-refractivity contribution in [2.75, 3.05) is 0 Å². The van der Waals surface area contributed by atoms with Crippen LogP contribution < -0.4 is 0 Å². The molecule has 22 heavy (non-hydrogen) atoms. The van der Waals surface area contributed by atoms with Crippen molar-refractivity contribution in [3.63, 3.8) is 0 Å². The Kier molecular flexibility index (Phi) is 3.32. The van der Waals surface area contributed by atoms with Gasteiger partial charge in [-0.3, -0.25) is 4.98 Å². The van der Waals surface area contributed by atoms with Crippen LogP contribution in [0.4, 0.5) is 0 Å². The van der Waals surface area contributed by atoms with E-state index in [0.29, 0.717) is 6.42 Å². The Bertz CT molecular complexity index is 914. The van der Waals surface area contributed by atoms with E-state index in [9.17, 15) is 0 Å². The van der Waals surface area contributed by atoms with Crippen LogP contribution in [-0.2, 0) is 6.42 Å². The number of benzene rings is 1. The van der Waals surface area contributed by atoms with Crippen molar-refractivity contribution in [1.82, 2.24) is 24.8 Å². The highest BCUT2D eigenvalue weighted by Gasteiger charge is 2.13. The third-order valence-electron chi connectivity index (χ3n) is 3.24. The van der Waals surface area contributed by atoms with Gasteiger partial charge in [-0.15, -0.1) is 10.2 Å². The van der Waals surface area contributed by atoms with E-state index in [1.807, 2.05) is 36.4 Å². The van der Waals surface area contributed by atoms with Crippen molar-refractivity contribution >= 4 is 27.9 Å². The van der Waals surface area contributed by atoms with Crippen LogP contribution in [0, 0.1) is 0 Å². The maximum Gasteiger partial charge on any atom is 0.234 e. The fraction of sp³-hybridized carbons (Fsp3) is 0.0667. The van der Waals surface area contributed by atoms with Crippen molar-refractivity contribution in [3.8, 4) is 10.6 Å². The molecule has 0 spiro atoms. The van der Waals surface area contributed by atoms with Gasteiger partial charge in [0.25, 0.3) is 0 Å². The molecule has 4 aromatic rings. The van der Waals surface area contributed by atoms with Crippen LogP contribution in [-0.4, -0.2) is 24.8 Å². The van der Waals surface area contributed by atoms with Gasteiger partial charge >= 0.3 is 0 Å². The van der Waals surface area contributed by atoms with E-state index in [1.54, 1.807) is 16.9 Å². The fourth-order valence-electron chi connectivity index (χ4n) is 2.16. The summed E-state index contributed by atoms with van der Waals surface area (Å²) in [5, 5.41) is 14.6. The van der Waals surface area contributed by atoms with Crippen molar-refractivity contribution in [2.24, 2.45) is 0 Å². The number of nitrogens with zero attached hydrogens (tertiary/aromatic N) is 5. The maximum absolute atomic E-state index is 5.91. The van der Waals surface area contributed by atoms with Gasteiger partial charge in [0.15, 0.2) is 5.82 Å². The predicted molar refractivity (Wildman–Crippen MR) is 86.1 cm³/mol. The molecular weight excluding hydrogens is 318 g/mol. The Labute approximate surface area is 135 Å². The van der Waals surface area contributed by atoms with E-state index in [1.165, 1.54) is 11.3 Å². The van der Waals surface area contributed by atoms with Crippen LogP contribution in [0.25, 0.3) is 15.5 Å². The molecule has 0 amide bonds. The highest BCUT2D eigenvalue weighted by atomic mass is 35.5. The van der Waals surface area contributed by atoms with Gasteiger partial charge in [-0.05, 0) is 29.8 Å². The molecule has 0 aliphatic carbocycles. The number of fused-ring (bicyclic) bond motifs is 1. The molecule has 0 fully saturated rings. The first-order valence-corrected chi connectivity index (χ1v) is 7.85. The first-order chi connectivity index (χ1) is 10.8. The third kappa shape index (κ3) is 2.47. The van der Waals surface area contributed by atoms with E-state index in [2.05, 4.69) is 20.3 Å². The van der Waals surface area contributed by atoms with Crippen molar-refractivity contribution in [3.05, 3.63) is 65.2 Å². The lowest BCUT2D eigenvalue weighted by atomic mass is 10.1. The minimum Gasteiger partial charge on any atom is -0.264 e. The second-order valence-corrected chi connectivity index (χ2v) is 6.16. The summed E-state index contributed by atoms with van der Waals surface area (Å²) in [7, 11) is 0. The molecule has 0 aliphatic heterocycles. The molecule has 1 aromatic carbocycles. The molecular formula is C15H10ClN5S. The molecule has 0 saturated carbocycles. The van der Waals surface area contributed by atoms with Crippen LogP contribution in [0.2, 0.25) is 5.02 Å². The molecule has 0 unspecified atom stereocenters. The average Bonchev–Trinajstić information content (AvgIpc) is 3.12. The number of hydrogen-bond donors (Lipinski definition) is 0. The van der Waals surface area contributed by atoms with E-state index >= 15 is 0 Å². The first kappa shape index (κ1) is 13.4. The standard InChI is InChI=1S/C15H10ClN5S/c16-12-5-3-10(4-6-12)8-13-18-19-15-21(13)20-14(22-15)11-2-1-7-17-9-11/h1-7,9H,8H2. The van der Waals surface area contributed by atoms with Crippen molar-refractivity contribution in [2.45, 2.75) is 6.42 Å². The van der Waals surface area contributed by atoms with Gasteiger partial charge in [0.1, 0.15) is 5.01 Å². The lowest BCUT2D eigenvalue weighted by Gasteiger charge is -1.98. The van der Waals surface area contributed by atoms with Crippen LogP contribution in [0.5, 0.6) is 0 Å². The monoisotopic (exact) mass is 327 g/mol. The smallest absolute Gasteiger partial charge is 0.234 e. The zero-order valence-electron chi connectivity index (χ0n) is 11.3. The number of aromatic nitrogens is 5. The summed E-state index contributed by atoms with van der Waals surface area (Å²) in [6.45, 7) is 0. The first-order valence-electron chi connectivity index (χ1n) is 6.65. The summed E-state index contributed by atoms with van der Waals surface area (Å²) in [5.41, 5.74) is 2.10. The van der Waals surface area contributed by atoms with Crippen LogP contribution in [0.3, 0.4) is 0 Å². The Hall–Kier alpha value is -2.31. The molecule has 5 nitrogen and oxygen atoms in total. The summed E-state index contributed by atoms with van der Waals surface area (Å²) >= 11 is 7.41. The SMILES string of the molecule is Clc1ccc(Cc2nnc3sc(-c4cccnc4)nn23)cc1. The number of pyridine rings is 1. The van der Waals surface area contributed by atoms with Crippen LogP contribution in [0.1, 0.15) is 11.4 Å². The molecule has 7 heteroatoms. The van der Waals surface area contributed by atoms with Gasteiger partial charge in [0.05, 0.1) is 0 Å². The van der Waals surface area contributed by atoms with Gasteiger partial charge in [-0.25, -0.2) is 0 Å². The zero-order valence-corrected chi connectivity index (χ0v) is 12.9. The summed E-state index contributed by atoms with van der Waals surface area (Å²) in [5.74, 6) is 0.809. The average molecular weight is 328 g/mol. The summed E-state index contributed by atoms with van der Waals surface area (Å²) in [4.78, 5) is 4.90. The molecule has 4 rings (SSSR count). The minimum atomic E-state index is 0.661. The highest BCUT2D eigenvalue weighted by Crippen LogP contribution is 2.25. The Morgan fingerprint density at radius 3 is 2.73 bits per heavy atom. The van der Waals surface area contributed by atoms with Gasteiger partial charge in [-0.2, -0.15) is 9.61 Å². The van der Waals surface area contributed by atoms with Gasteiger partial charge < -0.3 is 0 Å². The summed E-state index contributed by atoms with van der Waals surface area (Å²) < 4.78 is 1.79. The van der Waals surface area contributed by atoms with E-state index in [-0.39, 0.29) is 0 Å². The number of hydrogen-bond acceptors (Lipinski definition) is 5. The third-order valence-corrected chi connectivity index (χ3v) is 4.44. The molecule has 108 valence electrons. The Morgan fingerprint density at radius 2 is 1.95 bits per heavy atom. The van der Waals surface area contributed by atoms with E-state index in [0.717, 1.165) is 31.9 Å². The highest BCUT2D eigenvalue weighted by molar-refractivity contribution is 7.19. The Balaban J connectivity index is 1.70. The molecule has 0 aliphatic rings. The Morgan fingerprint density at radius 1 is 1.09 bits per heavy atom. The topological polar surface area (TPSA) is 56.0 Å². The van der Waals surface area contributed by atoms with Gasteiger partial charge in [-0.1, -0.05) is 35.1 Å². The molecule has 0 bridgehead atoms. The maximum atomic E-state index is 5.91. The van der Waals surface area contributed by atoms with Gasteiger partial charge in [0, 0.05) is 29.4 Å². The molecule has 0 atom stereocenters.